The summed E-state index contributed by atoms with van der Waals surface area (Å²) in [5, 5.41) is 9.59. The van der Waals surface area contributed by atoms with E-state index in [4.69, 9.17) is 22.4 Å². The van der Waals surface area contributed by atoms with E-state index in [2.05, 4.69) is 0 Å². The van der Waals surface area contributed by atoms with E-state index < -0.39 is 11.9 Å². The molecule has 4 heteroatoms. The van der Waals surface area contributed by atoms with Crippen LogP contribution in [0.1, 0.15) is 23.6 Å². The van der Waals surface area contributed by atoms with Gasteiger partial charge in [0.25, 0.3) is 0 Å². The highest BCUT2D eigenvalue weighted by molar-refractivity contribution is 6.31. The summed E-state index contributed by atoms with van der Waals surface area (Å²) in [5.41, 5.74) is 7.80. The Morgan fingerprint density at radius 2 is 2.27 bits per heavy atom. The molecule has 2 atom stereocenters. The Balaban J connectivity index is 2.41. The number of carboxylic acid groups (broad SMARTS) is 1. The van der Waals surface area contributed by atoms with Crippen molar-refractivity contribution in [1.82, 2.24) is 0 Å². The van der Waals surface area contributed by atoms with Gasteiger partial charge in [-0.3, -0.25) is 4.79 Å². The van der Waals surface area contributed by atoms with Crippen molar-refractivity contribution >= 4 is 17.6 Å². The number of rotatable bonds is 1. The fraction of sp³-hybridized carbons (Fsp3) is 0.364. The van der Waals surface area contributed by atoms with E-state index in [1.807, 2.05) is 12.1 Å². The van der Waals surface area contributed by atoms with Crippen molar-refractivity contribution in [2.24, 2.45) is 11.7 Å². The van der Waals surface area contributed by atoms with E-state index in [1.165, 1.54) is 0 Å². The van der Waals surface area contributed by atoms with Gasteiger partial charge in [-0.2, -0.15) is 0 Å². The van der Waals surface area contributed by atoms with E-state index in [9.17, 15) is 4.79 Å². The Labute approximate surface area is 92.8 Å². The summed E-state index contributed by atoms with van der Waals surface area (Å²) < 4.78 is 0. The molecule has 0 saturated heterocycles. The van der Waals surface area contributed by atoms with Crippen LogP contribution in [0, 0.1) is 5.92 Å². The van der Waals surface area contributed by atoms with Crippen molar-refractivity contribution < 1.29 is 9.90 Å². The second kappa shape index (κ2) is 3.83. The molecule has 80 valence electrons. The predicted octanol–water partition coefficient (Wildman–Crippen LogP) is 1.99. The third-order valence-corrected chi connectivity index (χ3v) is 3.25. The number of aliphatic carboxylic acids is 1. The third kappa shape index (κ3) is 1.85. The Kier molecular flexibility index (Phi) is 2.67. The summed E-state index contributed by atoms with van der Waals surface area (Å²) in [5.74, 6) is -1.21. The van der Waals surface area contributed by atoms with E-state index in [1.54, 1.807) is 6.07 Å². The second-order valence-electron chi connectivity index (χ2n) is 3.89. The Morgan fingerprint density at radius 3 is 2.93 bits per heavy atom. The zero-order chi connectivity index (χ0) is 11.0. The van der Waals surface area contributed by atoms with E-state index in [0.29, 0.717) is 17.9 Å². The van der Waals surface area contributed by atoms with Gasteiger partial charge in [-0.25, -0.2) is 0 Å². The monoisotopic (exact) mass is 225 g/mol. The van der Waals surface area contributed by atoms with Crippen LogP contribution in [0.15, 0.2) is 18.2 Å². The molecule has 2 unspecified atom stereocenters. The lowest BCUT2D eigenvalue weighted by atomic mass is 9.81. The first-order valence-electron chi connectivity index (χ1n) is 4.85. The number of fused-ring (bicyclic) bond motifs is 1. The van der Waals surface area contributed by atoms with Crippen LogP contribution < -0.4 is 5.73 Å². The average molecular weight is 226 g/mol. The van der Waals surface area contributed by atoms with Crippen molar-refractivity contribution in [3.8, 4) is 0 Å². The molecule has 0 spiro atoms. The molecular weight excluding hydrogens is 214 g/mol. The van der Waals surface area contributed by atoms with Gasteiger partial charge >= 0.3 is 5.97 Å². The molecule has 0 fully saturated rings. The summed E-state index contributed by atoms with van der Waals surface area (Å²) in [6, 6.07) is 5.33. The maximum absolute atomic E-state index is 10.9. The lowest BCUT2D eigenvalue weighted by Crippen LogP contribution is -2.29. The summed E-state index contributed by atoms with van der Waals surface area (Å²) in [6.45, 7) is 0. The number of halogens is 1. The molecule has 3 N–H and O–H groups in total. The standard InChI is InChI=1S/C11H12ClNO2/c12-9-3-1-2-7-8(9)4-6(11(14)15)5-10(7)13/h1-3,6,10H,4-5,13H2,(H,14,15). The molecule has 2 rings (SSSR count). The Hall–Kier alpha value is -1.06. The normalized spacial score (nSPS) is 24.7. The number of nitrogens with two attached hydrogens (primary N) is 1. The van der Waals surface area contributed by atoms with Gasteiger partial charge in [-0.05, 0) is 30.0 Å². The van der Waals surface area contributed by atoms with Crippen LogP contribution in [0.2, 0.25) is 5.02 Å². The molecule has 1 aromatic carbocycles. The number of hydrogen-bond acceptors (Lipinski definition) is 2. The Morgan fingerprint density at radius 1 is 1.53 bits per heavy atom. The van der Waals surface area contributed by atoms with Crippen molar-refractivity contribution in [3.63, 3.8) is 0 Å². The van der Waals surface area contributed by atoms with Crippen LogP contribution in [-0.4, -0.2) is 11.1 Å². The molecule has 0 bridgehead atoms. The van der Waals surface area contributed by atoms with Gasteiger partial charge in [0, 0.05) is 11.1 Å². The quantitative estimate of drug-likeness (QED) is 0.768. The molecule has 0 aliphatic heterocycles. The Bertz CT molecular complexity index is 406. The van der Waals surface area contributed by atoms with Crippen LogP contribution >= 0.6 is 11.6 Å². The maximum atomic E-state index is 10.9. The number of hydrogen-bond donors (Lipinski definition) is 2. The summed E-state index contributed by atoms with van der Waals surface area (Å²) in [4.78, 5) is 10.9. The molecule has 1 aliphatic rings. The van der Waals surface area contributed by atoms with Crippen LogP contribution in [0.4, 0.5) is 0 Å². The number of carboxylic acids is 1. The SMILES string of the molecule is NC1CC(C(=O)O)Cc2c(Cl)cccc21. The summed E-state index contributed by atoms with van der Waals surface area (Å²) in [7, 11) is 0. The first kappa shape index (κ1) is 10.5. The topological polar surface area (TPSA) is 63.3 Å². The van der Waals surface area contributed by atoms with Crippen LogP contribution in [0.5, 0.6) is 0 Å². The smallest absolute Gasteiger partial charge is 0.306 e. The highest BCUT2D eigenvalue weighted by Gasteiger charge is 2.30. The van der Waals surface area contributed by atoms with E-state index in [0.717, 1.165) is 11.1 Å². The first-order valence-corrected chi connectivity index (χ1v) is 5.23. The highest BCUT2D eigenvalue weighted by atomic mass is 35.5. The molecule has 1 aliphatic carbocycles. The minimum absolute atomic E-state index is 0.214. The molecule has 0 heterocycles. The van der Waals surface area contributed by atoms with E-state index >= 15 is 0 Å². The lowest BCUT2D eigenvalue weighted by Gasteiger charge is -2.27. The van der Waals surface area contributed by atoms with Gasteiger partial charge in [0.1, 0.15) is 0 Å². The van der Waals surface area contributed by atoms with Crippen LogP contribution in [-0.2, 0) is 11.2 Å². The summed E-state index contributed by atoms with van der Waals surface area (Å²) >= 11 is 6.03. The largest absolute Gasteiger partial charge is 0.481 e. The second-order valence-corrected chi connectivity index (χ2v) is 4.30. The van der Waals surface area contributed by atoms with Crippen molar-refractivity contribution in [3.05, 3.63) is 34.3 Å². The van der Waals surface area contributed by atoms with Gasteiger partial charge in [-0.15, -0.1) is 0 Å². The highest BCUT2D eigenvalue weighted by Crippen LogP contribution is 2.35. The van der Waals surface area contributed by atoms with Crippen LogP contribution in [0.3, 0.4) is 0 Å². The van der Waals surface area contributed by atoms with Crippen molar-refractivity contribution in [1.29, 1.82) is 0 Å². The molecular formula is C11H12ClNO2. The average Bonchev–Trinajstić information content (AvgIpc) is 2.19. The fourth-order valence-electron chi connectivity index (χ4n) is 2.09. The zero-order valence-electron chi connectivity index (χ0n) is 8.11. The molecule has 15 heavy (non-hydrogen) atoms. The molecule has 0 radical (unpaired) electrons. The molecule has 0 amide bonds. The zero-order valence-corrected chi connectivity index (χ0v) is 8.87. The molecule has 3 nitrogen and oxygen atoms in total. The van der Waals surface area contributed by atoms with Gasteiger partial charge in [0.15, 0.2) is 0 Å². The molecule has 0 aromatic heterocycles. The fourth-order valence-corrected chi connectivity index (χ4v) is 2.35. The maximum Gasteiger partial charge on any atom is 0.306 e. The van der Waals surface area contributed by atoms with Crippen molar-refractivity contribution in [2.75, 3.05) is 0 Å². The van der Waals surface area contributed by atoms with Gasteiger partial charge in [0.05, 0.1) is 5.92 Å². The van der Waals surface area contributed by atoms with E-state index in [-0.39, 0.29) is 6.04 Å². The number of benzene rings is 1. The van der Waals surface area contributed by atoms with Gasteiger partial charge in [-0.1, -0.05) is 23.7 Å². The minimum atomic E-state index is -0.795. The molecule has 0 saturated carbocycles. The minimum Gasteiger partial charge on any atom is -0.481 e. The predicted molar refractivity (Wildman–Crippen MR) is 57.8 cm³/mol. The lowest BCUT2D eigenvalue weighted by molar-refractivity contribution is -0.142. The van der Waals surface area contributed by atoms with Gasteiger partial charge in [0.2, 0.25) is 0 Å². The molecule has 1 aromatic rings. The third-order valence-electron chi connectivity index (χ3n) is 2.89. The number of carbonyl (C=O) groups is 1. The van der Waals surface area contributed by atoms with Gasteiger partial charge < -0.3 is 10.8 Å². The first-order chi connectivity index (χ1) is 7.09. The summed E-state index contributed by atoms with van der Waals surface area (Å²) in [6.07, 6.45) is 0.973. The van der Waals surface area contributed by atoms with Crippen LogP contribution in [0.25, 0.3) is 0 Å². The van der Waals surface area contributed by atoms with Crippen molar-refractivity contribution in [2.45, 2.75) is 18.9 Å².